The number of benzene rings is 2. The number of pyridine rings is 1. The van der Waals surface area contributed by atoms with Gasteiger partial charge in [0.05, 0.1) is 17.7 Å². The third kappa shape index (κ3) is 4.17. The van der Waals surface area contributed by atoms with Crippen molar-refractivity contribution >= 4 is 22.5 Å². The highest BCUT2D eigenvalue weighted by Gasteiger charge is 2.30. The minimum Gasteiger partial charge on any atom is -0.380 e. The van der Waals surface area contributed by atoms with Gasteiger partial charge in [0.2, 0.25) is 5.56 Å². The summed E-state index contributed by atoms with van der Waals surface area (Å²) in [5.41, 5.74) is 0.170. The summed E-state index contributed by atoms with van der Waals surface area (Å²) in [7, 11) is 1.51. The second-order valence-corrected chi connectivity index (χ2v) is 5.88. The summed E-state index contributed by atoms with van der Waals surface area (Å²) in [5, 5.41) is 3.28. The number of hydrogen-bond acceptors (Lipinski definition) is 3. The third-order valence-corrected chi connectivity index (χ3v) is 3.94. The highest BCUT2D eigenvalue weighted by Crippen LogP contribution is 2.29. The standard InChI is InChI=1S/C19H15F3N2O3/c1-27-10-12-8-17(25)24-16-9-14(5-6-15(12)16)23-18(26)11-3-2-4-13(7-11)19(20,21)22/h2-9H,10H2,1H3,(H,23,26)(H,24,25). The molecule has 0 bridgehead atoms. The molecule has 3 rings (SSSR count). The van der Waals surface area contributed by atoms with Gasteiger partial charge in [-0.2, -0.15) is 13.2 Å². The maximum atomic E-state index is 12.8. The lowest BCUT2D eigenvalue weighted by atomic mass is 10.1. The first-order chi connectivity index (χ1) is 12.8. The highest BCUT2D eigenvalue weighted by atomic mass is 19.4. The highest BCUT2D eigenvalue weighted by molar-refractivity contribution is 6.05. The van der Waals surface area contributed by atoms with E-state index < -0.39 is 17.6 Å². The predicted octanol–water partition coefficient (Wildman–Crippen LogP) is 3.95. The molecule has 0 radical (unpaired) electrons. The molecule has 1 aromatic heterocycles. The summed E-state index contributed by atoms with van der Waals surface area (Å²) >= 11 is 0. The number of anilines is 1. The van der Waals surface area contributed by atoms with Crippen molar-refractivity contribution in [3.63, 3.8) is 0 Å². The van der Waals surface area contributed by atoms with Crippen molar-refractivity contribution in [3.8, 4) is 0 Å². The van der Waals surface area contributed by atoms with Crippen LogP contribution in [0.2, 0.25) is 0 Å². The van der Waals surface area contributed by atoms with E-state index in [1.165, 1.54) is 25.3 Å². The number of alkyl halides is 3. The lowest BCUT2D eigenvalue weighted by Gasteiger charge is -2.11. The number of fused-ring (bicyclic) bond motifs is 1. The van der Waals surface area contributed by atoms with Crippen LogP contribution in [0.15, 0.2) is 53.3 Å². The summed E-state index contributed by atoms with van der Waals surface area (Å²) in [6.45, 7) is 0.246. The van der Waals surface area contributed by atoms with E-state index >= 15 is 0 Å². The number of carbonyl (C=O) groups is 1. The van der Waals surface area contributed by atoms with Gasteiger partial charge in [0.1, 0.15) is 0 Å². The molecule has 27 heavy (non-hydrogen) atoms. The molecule has 0 aliphatic heterocycles. The number of hydrogen-bond donors (Lipinski definition) is 2. The van der Waals surface area contributed by atoms with Crippen molar-refractivity contribution in [1.82, 2.24) is 4.98 Å². The van der Waals surface area contributed by atoms with E-state index in [1.54, 1.807) is 18.2 Å². The van der Waals surface area contributed by atoms with E-state index in [1.807, 2.05) is 0 Å². The number of halogens is 3. The minimum absolute atomic E-state index is 0.119. The van der Waals surface area contributed by atoms with Crippen LogP contribution < -0.4 is 10.9 Å². The molecule has 0 fully saturated rings. The first-order valence-corrected chi connectivity index (χ1v) is 7.91. The molecule has 0 aliphatic rings. The van der Waals surface area contributed by atoms with Gasteiger partial charge in [0.15, 0.2) is 0 Å². The molecule has 3 aromatic rings. The molecule has 0 saturated heterocycles. The number of methoxy groups -OCH3 is 1. The number of aromatic nitrogens is 1. The number of H-pyrrole nitrogens is 1. The molecule has 1 amide bonds. The van der Waals surface area contributed by atoms with E-state index in [9.17, 15) is 22.8 Å². The van der Waals surface area contributed by atoms with Gasteiger partial charge in [0.25, 0.3) is 5.91 Å². The number of carbonyl (C=O) groups excluding carboxylic acids is 1. The fraction of sp³-hybridized carbons (Fsp3) is 0.158. The Hall–Kier alpha value is -3.13. The number of ether oxygens (including phenoxy) is 1. The average molecular weight is 376 g/mol. The summed E-state index contributed by atoms with van der Waals surface area (Å²) < 4.78 is 43.5. The Morgan fingerprint density at radius 1 is 1.15 bits per heavy atom. The normalized spacial score (nSPS) is 11.6. The van der Waals surface area contributed by atoms with Gasteiger partial charge < -0.3 is 15.0 Å². The van der Waals surface area contributed by atoms with E-state index in [4.69, 9.17) is 4.74 Å². The zero-order chi connectivity index (χ0) is 19.6. The maximum absolute atomic E-state index is 12.8. The Morgan fingerprint density at radius 3 is 2.63 bits per heavy atom. The zero-order valence-electron chi connectivity index (χ0n) is 14.2. The average Bonchev–Trinajstić information content (AvgIpc) is 2.61. The monoisotopic (exact) mass is 376 g/mol. The second kappa shape index (κ2) is 7.24. The van der Waals surface area contributed by atoms with Crippen LogP contribution in [0.3, 0.4) is 0 Å². The van der Waals surface area contributed by atoms with Crippen molar-refractivity contribution in [3.05, 3.63) is 75.6 Å². The first-order valence-electron chi connectivity index (χ1n) is 7.91. The van der Waals surface area contributed by atoms with Crippen LogP contribution in [0, 0.1) is 0 Å². The molecular formula is C19H15F3N2O3. The number of rotatable bonds is 4. The molecule has 140 valence electrons. The molecule has 2 aromatic carbocycles. The molecule has 2 N–H and O–H groups in total. The van der Waals surface area contributed by atoms with E-state index in [0.717, 1.165) is 17.5 Å². The van der Waals surface area contributed by atoms with Gasteiger partial charge in [0, 0.05) is 29.8 Å². The van der Waals surface area contributed by atoms with Crippen LogP contribution in [-0.2, 0) is 17.5 Å². The first kappa shape index (κ1) is 18.7. The predicted molar refractivity (Wildman–Crippen MR) is 94.7 cm³/mol. The van der Waals surface area contributed by atoms with Gasteiger partial charge in [-0.25, -0.2) is 0 Å². The Bertz CT molecular complexity index is 1060. The summed E-state index contributed by atoms with van der Waals surface area (Å²) in [4.78, 5) is 26.7. The van der Waals surface area contributed by atoms with Crippen molar-refractivity contribution < 1.29 is 22.7 Å². The summed E-state index contributed by atoms with van der Waals surface area (Å²) in [5.74, 6) is -0.684. The fourth-order valence-electron chi connectivity index (χ4n) is 2.73. The Balaban J connectivity index is 1.91. The van der Waals surface area contributed by atoms with Crippen LogP contribution in [0.5, 0.6) is 0 Å². The maximum Gasteiger partial charge on any atom is 0.416 e. The molecule has 5 nitrogen and oxygen atoms in total. The van der Waals surface area contributed by atoms with E-state index in [-0.39, 0.29) is 17.7 Å². The zero-order valence-corrected chi connectivity index (χ0v) is 14.2. The van der Waals surface area contributed by atoms with Gasteiger partial charge in [-0.15, -0.1) is 0 Å². The Morgan fingerprint density at radius 2 is 1.93 bits per heavy atom. The van der Waals surface area contributed by atoms with Crippen LogP contribution in [0.4, 0.5) is 18.9 Å². The molecule has 1 heterocycles. The topological polar surface area (TPSA) is 71.2 Å². The smallest absolute Gasteiger partial charge is 0.380 e. The van der Waals surface area contributed by atoms with Crippen LogP contribution in [0.1, 0.15) is 21.5 Å². The van der Waals surface area contributed by atoms with Crippen molar-refractivity contribution in [2.75, 3.05) is 12.4 Å². The third-order valence-electron chi connectivity index (χ3n) is 3.94. The molecule has 0 aliphatic carbocycles. The van der Waals surface area contributed by atoms with E-state index in [0.29, 0.717) is 16.8 Å². The number of amides is 1. The van der Waals surface area contributed by atoms with Gasteiger partial charge in [-0.3, -0.25) is 9.59 Å². The van der Waals surface area contributed by atoms with Gasteiger partial charge >= 0.3 is 6.18 Å². The molecule has 0 spiro atoms. The van der Waals surface area contributed by atoms with Crippen molar-refractivity contribution in [2.45, 2.75) is 12.8 Å². The van der Waals surface area contributed by atoms with E-state index in [2.05, 4.69) is 10.3 Å². The molecule has 0 unspecified atom stereocenters. The second-order valence-electron chi connectivity index (χ2n) is 5.88. The largest absolute Gasteiger partial charge is 0.416 e. The van der Waals surface area contributed by atoms with Crippen LogP contribution in [-0.4, -0.2) is 18.0 Å². The molecule has 0 saturated carbocycles. The molecular weight excluding hydrogens is 361 g/mol. The van der Waals surface area contributed by atoms with Crippen molar-refractivity contribution in [1.29, 1.82) is 0 Å². The van der Waals surface area contributed by atoms with Crippen LogP contribution >= 0.6 is 0 Å². The Kier molecular flexibility index (Phi) is 5.00. The van der Waals surface area contributed by atoms with Gasteiger partial charge in [-0.05, 0) is 35.9 Å². The van der Waals surface area contributed by atoms with Crippen LogP contribution in [0.25, 0.3) is 10.9 Å². The summed E-state index contributed by atoms with van der Waals surface area (Å²) in [6, 6.07) is 10.4. The quantitative estimate of drug-likeness (QED) is 0.724. The Labute approximate surface area is 151 Å². The molecule has 8 heteroatoms. The SMILES string of the molecule is COCc1cc(=O)[nH]c2cc(NC(=O)c3cccc(C(F)(F)F)c3)ccc12. The lowest BCUT2D eigenvalue weighted by Crippen LogP contribution is -2.14. The molecule has 0 atom stereocenters. The van der Waals surface area contributed by atoms with Gasteiger partial charge in [-0.1, -0.05) is 12.1 Å². The van der Waals surface area contributed by atoms with Crippen molar-refractivity contribution in [2.24, 2.45) is 0 Å². The minimum atomic E-state index is -4.53. The summed E-state index contributed by atoms with van der Waals surface area (Å²) in [6.07, 6.45) is -4.53. The lowest BCUT2D eigenvalue weighted by molar-refractivity contribution is -0.137. The number of nitrogens with one attached hydrogen (secondary N) is 2. The number of aromatic amines is 1. The fourth-order valence-corrected chi connectivity index (χ4v) is 2.73.